The van der Waals surface area contributed by atoms with E-state index in [0.717, 1.165) is 6.42 Å². The minimum Gasteiger partial charge on any atom is -0.103 e. The second-order valence-corrected chi connectivity index (χ2v) is 3.24. The third-order valence-electron chi connectivity index (χ3n) is 0.955. The van der Waals surface area contributed by atoms with Crippen molar-refractivity contribution in [2.45, 2.75) is 54.9 Å². The van der Waals surface area contributed by atoms with Crippen LogP contribution in [-0.2, 0) is 0 Å². The van der Waals surface area contributed by atoms with Crippen LogP contribution in [-0.4, -0.2) is 0 Å². The van der Waals surface area contributed by atoms with E-state index in [1.54, 1.807) is 0 Å². The van der Waals surface area contributed by atoms with Crippen LogP contribution < -0.4 is 0 Å². The fourth-order valence-electron chi connectivity index (χ4n) is 0. The van der Waals surface area contributed by atoms with Gasteiger partial charge in [-0.2, -0.15) is 0 Å². The maximum Gasteiger partial charge on any atom is -0.0382 e. The molecule has 0 aromatic rings. The minimum absolute atomic E-state index is 1.08. The summed E-state index contributed by atoms with van der Waals surface area (Å²) in [5, 5.41) is 0. The van der Waals surface area contributed by atoms with Gasteiger partial charge >= 0.3 is 0 Å². The maximum atomic E-state index is 3.56. The van der Waals surface area contributed by atoms with Crippen LogP contribution in [0.15, 0.2) is 49.1 Å². The molecule has 0 aromatic carbocycles. The van der Waals surface area contributed by atoms with Gasteiger partial charge < -0.3 is 0 Å². The lowest BCUT2D eigenvalue weighted by Gasteiger charge is -1.65. The van der Waals surface area contributed by atoms with Gasteiger partial charge in [0.05, 0.1) is 0 Å². The van der Waals surface area contributed by atoms with Crippen molar-refractivity contribution in [3.05, 3.63) is 49.1 Å². The largest absolute Gasteiger partial charge is 0.103 e. The summed E-state index contributed by atoms with van der Waals surface area (Å²) in [4.78, 5) is 0. The van der Waals surface area contributed by atoms with Crippen LogP contribution in [0.25, 0.3) is 0 Å². The van der Waals surface area contributed by atoms with E-state index in [-0.39, 0.29) is 0 Å². The van der Waals surface area contributed by atoms with Gasteiger partial charge in [0.15, 0.2) is 0 Å². The lowest BCUT2D eigenvalue weighted by Crippen LogP contribution is -1.43. The monoisotopic (exact) mass is 224 g/mol. The summed E-state index contributed by atoms with van der Waals surface area (Å²) >= 11 is 0. The molecule has 0 aliphatic rings. The first-order valence-corrected chi connectivity index (χ1v) is 5.85. The van der Waals surface area contributed by atoms with Crippen molar-refractivity contribution < 1.29 is 0 Å². The van der Waals surface area contributed by atoms with Crippen molar-refractivity contribution in [1.29, 1.82) is 0 Å². The van der Waals surface area contributed by atoms with Gasteiger partial charge in [-0.25, -0.2) is 0 Å². The predicted molar refractivity (Wildman–Crippen MR) is 82.0 cm³/mol. The van der Waals surface area contributed by atoms with Crippen molar-refractivity contribution in [3.63, 3.8) is 0 Å². The van der Waals surface area contributed by atoms with Gasteiger partial charge in [-0.3, -0.25) is 0 Å². The molecule has 0 N–H and O–H groups in total. The molecule has 16 heavy (non-hydrogen) atoms. The molecule has 0 radical (unpaired) electrons. The Hall–Kier alpha value is -1.04. The average Bonchev–Trinajstić information content (AvgIpc) is 2.28. The highest BCUT2D eigenvalue weighted by Crippen LogP contribution is 1.73. The molecule has 0 nitrogen and oxygen atoms in total. The molecule has 96 valence electrons. The van der Waals surface area contributed by atoms with Crippen LogP contribution in [0.2, 0.25) is 0 Å². The summed E-state index contributed by atoms with van der Waals surface area (Å²) < 4.78 is 0. The summed E-state index contributed by atoms with van der Waals surface area (Å²) in [5.41, 5.74) is 1.17. The first kappa shape index (κ1) is 24.3. The number of allylic oxidation sites excluding steroid dienone is 6. The quantitative estimate of drug-likeness (QED) is 0.456. The molecule has 0 saturated carbocycles. The van der Waals surface area contributed by atoms with Crippen LogP contribution in [0.1, 0.15) is 54.9 Å². The summed E-state index contributed by atoms with van der Waals surface area (Å²) in [7, 11) is 0. The highest BCUT2D eigenvalue weighted by Gasteiger charge is 1.51. The zero-order valence-corrected chi connectivity index (χ0v) is 12.5. The average molecular weight is 224 g/mol. The Kier molecular flexibility index (Phi) is 56.1. The Labute approximate surface area is 104 Å². The summed E-state index contributed by atoms with van der Waals surface area (Å²) in [6, 6.07) is 0. The standard InChI is InChI=1S/4C4H8/c1-4(2)3;3*1-3-4-2/h1H2,2-3H3;2*3-4H,1-2H3;3H,1,4H2,2H3/b;4-3+;4-3-;. The third kappa shape index (κ3) is 483. The van der Waals surface area contributed by atoms with Gasteiger partial charge in [-0.05, 0) is 48.0 Å². The van der Waals surface area contributed by atoms with E-state index in [1.165, 1.54) is 5.57 Å². The zero-order chi connectivity index (χ0) is 13.8. The van der Waals surface area contributed by atoms with Gasteiger partial charge in [0.25, 0.3) is 0 Å². The number of rotatable bonds is 1. The van der Waals surface area contributed by atoms with Gasteiger partial charge in [0.1, 0.15) is 0 Å². The van der Waals surface area contributed by atoms with E-state index in [2.05, 4.69) is 20.1 Å². The molecule has 0 saturated heterocycles. The van der Waals surface area contributed by atoms with Crippen LogP contribution in [0.4, 0.5) is 0 Å². The molecule has 0 atom stereocenters. The topological polar surface area (TPSA) is 0 Å². The lowest BCUT2D eigenvalue weighted by molar-refractivity contribution is 1.23. The molecule has 0 amide bonds. The molecule has 0 heterocycles. The van der Waals surface area contributed by atoms with E-state index in [4.69, 9.17) is 0 Å². The van der Waals surface area contributed by atoms with Crippen LogP contribution in [0.3, 0.4) is 0 Å². The second kappa shape index (κ2) is 37.0. The van der Waals surface area contributed by atoms with E-state index in [9.17, 15) is 0 Å². The van der Waals surface area contributed by atoms with Crippen molar-refractivity contribution in [1.82, 2.24) is 0 Å². The molecular weight excluding hydrogens is 192 g/mol. The Morgan fingerprint density at radius 2 is 1.00 bits per heavy atom. The fourth-order valence-corrected chi connectivity index (χ4v) is 0. The molecule has 0 aromatic heterocycles. The summed E-state index contributed by atoms with van der Waals surface area (Å²) in [5.74, 6) is 0. The van der Waals surface area contributed by atoms with Crippen LogP contribution >= 0.6 is 0 Å². The minimum atomic E-state index is 1.08. The van der Waals surface area contributed by atoms with Crippen molar-refractivity contribution in [3.8, 4) is 0 Å². The molecule has 0 aliphatic carbocycles. The Bertz CT molecular complexity index is 137. The van der Waals surface area contributed by atoms with Crippen molar-refractivity contribution in [2.75, 3.05) is 0 Å². The Morgan fingerprint density at radius 3 is 1.00 bits per heavy atom. The van der Waals surface area contributed by atoms with E-state index < -0.39 is 0 Å². The second-order valence-electron chi connectivity index (χ2n) is 3.24. The number of hydrogen-bond donors (Lipinski definition) is 0. The highest BCUT2D eigenvalue weighted by molar-refractivity contribution is 4.78. The first-order valence-electron chi connectivity index (χ1n) is 5.85. The van der Waals surface area contributed by atoms with E-state index >= 15 is 0 Å². The molecule has 0 unspecified atom stereocenters. The van der Waals surface area contributed by atoms with Gasteiger partial charge in [0.2, 0.25) is 0 Å². The highest BCUT2D eigenvalue weighted by atomic mass is 13.6. The zero-order valence-electron chi connectivity index (χ0n) is 12.5. The molecule has 0 rings (SSSR count). The number of hydrogen-bond acceptors (Lipinski definition) is 0. The molecule has 0 fully saturated rings. The molecule has 0 heteroatoms. The maximum absolute atomic E-state index is 3.56. The third-order valence-corrected chi connectivity index (χ3v) is 0.955. The summed E-state index contributed by atoms with van der Waals surface area (Å²) in [6.07, 6.45) is 11.0. The SMILES string of the molecule is C/C=C/C.C/C=C\C.C=C(C)C.C=CCC. The Balaban J connectivity index is -0.0000000600. The molecule has 0 bridgehead atoms. The van der Waals surface area contributed by atoms with Gasteiger partial charge in [0, 0.05) is 0 Å². The van der Waals surface area contributed by atoms with Crippen molar-refractivity contribution >= 4 is 0 Å². The van der Waals surface area contributed by atoms with Gasteiger partial charge in [-0.15, -0.1) is 13.2 Å². The normalized spacial score (nSPS) is 7.94. The van der Waals surface area contributed by atoms with Crippen LogP contribution in [0, 0.1) is 0 Å². The molecular formula is C16H32. The summed E-state index contributed by atoms with van der Waals surface area (Å²) in [6.45, 7) is 21.0. The smallest absolute Gasteiger partial charge is 0.0382 e. The molecule has 0 aliphatic heterocycles. The van der Waals surface area contributed by atoms with Crippen molar-refractivity contribution in [2.24, 2.45) is 0 Å². The lowest BCUT2D eigenvalue weighted by atomic mass is 10.4. The predicted octanol–water partition coefficient (Wildman–Crippen LogP) is 6.33. The first-order chi connectivity index (χ1) is 7.47. The Morgan fingerprint density at radius 1 is 0.875 bits per heavy atom. The molecule has 0 spiro atoms. The van der Waals surface area contributed by atoms with Crippen LogP contribution in [0.5, 0.6) is 0 Å². The van der Waals surface area contributed by atoms with E-state index in [0.29, 0.717) is 0 Å². The van der Waals surface area contributed by atoms with Gasteiger partial charge in [-0.1, -0.05) is 42.9 Å². The fraction of sp³-hybridized carbons (Fsp3) is 0.500. The van der Waals surface area contributed by atoms with E-state index in [1.807, 2.05) is 71.9 Å².